The molecule has 19 heavy (non-hydrogen) atoms. The number of aryl methyl sites for hydroxylation is 1. The van der Waals surface area contributed by atoms with E-state index in [1.54, 1.807) is 6.07 Å². The largest absolute Gasteiger partial charge is 0.507 e. The molecule has 2 fully saturated rings. The minimum Gasteiger partial charge on any atom is -0.507 e. The number of benzene rings is 1. The Morgan fingerprint density at radius 3 is 3.00 bits per heavy atom. The van der Waals surface area contributed by atoms with Crippen molar-refractivity contribution in [1.29, 1.82) is 0 Å². The Labute approximate surface area is 113 Å². The molecule has 2 heterocycles. The third-order valence-electron chi connectivity index (χ3n) is 4.34. The van der Waals surface area contributed by atoms with Gasteiger partial charge in [-0.3, -0.25) is 9.69 Å². The first kappa shape index (κ1) is 12.5. The molecule has 1 unspecified atom stereocenters. The number of aromatic hydroxyl groups is 1. The van der Waals surface area contributed by atoms with E-state index in [9.17, 15) is 9.90 Å². The molecule has 2 saturated heterocycles. The molecule has 0 spiro atoms. The van der Waals surface area contributed by atoms with Gasteiger partial charge in [-0.15, -0.1) is 0 Å². The van der Waals surface area contributed by atoms with Crippen LogP contribution < -0.4 is 0 Å². The Hall–Kier alpha value is -1.55. The number of hydrogen-bond donors (Lipinski definition) is 1. The van der Waals surface area contributed by atoms with Gasteiger partial charge in [0, 0.05) is 25.7 Å². The summed E-state index contributed by atoms with van der Waals surface area (Å²) in [6, 6.07) is 5.88. The zero-order valence-corrected chi connectivity index (χ0v) is 11.3. The molecular formula is C15H20N2O2. The summed E-state index contributed by atoms with van der Waals surface area (Å²) in [5.41, 5.74) is 1.19. The molecule has 3 rings (SSSR count). The van der Waals surface area contributed by atoms with Crippen molar-refractivity contribution in [3.63, 3.8) is 0 Å². The number of amides is 1. The van der Waals surface area contributed by atoms with Gasteiger partial charge in [0.25, 0.3) is 5.91 Å². The number of hydrogen-bond acceptors (Lipinski definition) is 3. The fraction of sp³-hybridized carbons (Fsp3) is 0.533. The van der Waals surface area contributed by atoms with Crippen molar-refractivity contribution in [3.05, 3.63) is 29.3 Å². The number of carbonyl (C=O) groups excluding carboxylic acids is 1. The SMILES string of the molecule is Cc1cccc(C(=O)N2CCN3CCCC3C2)c1O. The summed E-state index contributed by atoms with van der Waals surface area (Å²) in [6.07, 6.45) is 2.42. The number of fused-ring (bicyclic) bond motifs is 1. The van der Waals surface area contributed by atoms with Gasteiger partial charge in [-0.05, 0) is 37.9 Å². The highest BCUT2D eigenvalue weighted by Gasteiger charge is 2.33. The zero-order valence-electron chi connectivity index (χ0n) is 11.3. The molecule has 0 radical (unpaired) electrons. The van der Waals surface area contributed by atoms with Crippen molar-refractivity contribution in [2.24, 2.45) is 0 Å². The minimum absolute atomic E-state index is 0.0345. The lowest BCUT2D eigenvalue weighted by Crippen LogP contribution is -2.52. The molecule has 2 aliphatic rings. The number of carbonyl (C=O) groups is 1. The highest BCUT2D eigenvalue weighted by molar-refractivity contribution is 5.97. The monoisotopic (exact) mass is 260 g/mol. The molecule has 102 valence electrons. The maximum absolute atomic E-state index is 12.5. The van der Waals surface area contributed by atoms with E-state index in [-0.39, 0.29) is 11.7 Å². The molecule has 1 atom stereocenters. The van der Waals surface area contributed by atoms with Crippen molar-refractivity contribution < 1.29 is 9.90 Å². The van der Waals surface area contributed by atoms with Crippen LogP contribution in [0.4, 0.5) is 0 Å². The van der Waals surface area contributed by atoms with Gasteiger partial charge < -0.3 is 10.0 Å². The van der Waals surface area contributed by atoms with E-state index in [4.69, 9.17) is 0 Å². The first-order valence-corrected chi connectivity index (χ1v) is 6.98. The standard InChI is InChI=1S/C15H20N2O2/c1-11-4-2-6-13(14(11)18)15(19)17-9-8-16-7-3-5-12(16)10-17/h2,4,6,12,18H,3,5,7-10H2,1H3. The van der Waals surface area contributed by atoms with Crippen LogP contribution in [0.2, 0.25) is 0 Å². The van der Waals surface area contributed by atoms with Gasteiger partial charge in [-0.2, -0.15) is 0 Å². The van der Waals surface area contributed by atoms with Crippen LogP contribution >= 0.6 is 0 Å². The molecule has 0 aliphatic carbocycles. The fourth-order valence-corrected chi connectivity index (χ4v) is 3.18. The summed E-state index contributed by atoms with van der Waals surface area (Å²) in [6.45, 7) is 5.52. The number of piperazine rings is 1. The molecule has 1 aromatic rings. The minimum atomic E-state index is -0.0345. The number of para-hydroxylation sites is 1. The average Bonchev–Trinajstić information content (AvgIpc) is 2.88. The second-order valence-electron chi connectivity index (χ2n) is 5.55. The van der Waals surface area contributed by atoms with Gasteiger partial charge in [0.1, 0.15) is 5.75 Å². The quantitative estimate of drug-likeness (QED) is 0.834. The molecule has 4 heteroatoms. The summed E-state index contributed by atoms with van der Waals surface area (Å²) in [5, 5.41) is 10.0. The van der Waals surface area contributed by atoms with Crippen LogP contribution in [0.1, 0.15) is 28.8 Å². The van der Waals surface area contributed by atoms with Crippen LogP contribution in [-0.4, -0.2) is 53.0 Å². The summed E-state index contributed by atoms with van der Waals surface area (Å²) < 4.78 is 0. The van der Waals surface area contributed by atoms with Crippen LogP contribution in [0.25, 0.3) is 0 Å². The van der Waals surface area contributed by atoms with Crippen molar-refractivity contribution >= 4 is 5.91 Å². The number of phenols is 1. The Bertz CT molecular complexity index is 501. The summed E-state index contributed by atoms with van der Waals surface area (Å²) in [7, 11) is 0. The van der Waals surface area contributed by atoms with E-state index in [0.717, 1.165) is 25.2 Å². The summed E-state index contributed by atoms with van der Waals surface area (Å²) in [4.78, 5) is 16.9. The van der Waals surface area contributed by atoms with E-state index < -0.39 is 0 Å². The van der Waals surface area contributed by atoms with Gasteiger partial charge in [0.15, 0.2) is 0 Å². The maximum atomic E-state index is 12.5. The predicted octanol–water partition coefficient (Wildman–Crippen LogP) is 1.62. The number of phenolic OH excluding ortho intramolecular Hbond substituents is 1. The second-order valence-corrected chi connectivity index (χ2v) is 5.55. The van der Waals surface area contributed by atoms with Crippen molar-refractivity contribution in [2.45, 2.75) is 25.8 Å². The topological polar surface area (TPSA) is 43.8 Å². The van der Waals surface area contributed by atoms with Gasteiger partial charge in [0.05, 0.1) is 5.56 Å². The van der Waals surface area contributed by atoms with Crippen LogP contribution in [-0.2, 0) is 0 Å². The number of nitrogens with zero attached hydrogens (tertiary/aromatic N) is 2. The first-order valence-electron chi connectivity index (χ1n) is 6.98. The molecule has 1 N–H and O–H groups in total. The van der Waals surface area contributed by atoms with Crippen LogP contribution in [0.15, 0.2) is 18.2 Å². The van der Waals surface area contributed by atoms with E-state index in [2.05, 4.69) is 4.90 Å². The molecule has 0 bridgehead atoms. The Morgan fingerprint density at radius 1 is 1.32 bits per heavy atom. The Kier molecular flexibility index (Phi) is 3.19. The van der Waals surface area contributed by atoms with Gasteiger partial charge in [-0.25, -0.2) is 0 Å². The van der Waals surface area contributed by atoms with E-state index >= 15 is 0 Å². The maximum Gasteiger partial charge on any atom is 0.257 e. The summed E-state index contributed by atoms with van der Waals surface area (Å²) >= 11 is 0. The zero-order chi connectivity index (χ0) is 13.4. The second kappa shape index (κ2) is 4.85. The lowest BCUT2D eigenvalue weighted by Gasteiger charge is -2.37. The van der Waals surface area contributed by atoms with Crippen LogP contribution in [0, 0.1) is 6.92 Å². The van der Waals surface area contributed by atoms with Crippen LogP contribution in [0.5, 0.6) is 5.75 Å². The van der Waals surface area contributed by atoms with Crippen molar-refractivity contribution in [3.8, 4) is 5.75 Å². The highest BCUT2D eigenvalue weighted by atomic mass is 16.3. The van der Waals surface area contributed by atoms with Crippen molar-refractivity contribution in [2.75, 3.05) is 26.2 Å². The van der Waals surface area contributed by atoms with Gasteiger partial charge >= 0.3 is 0 Å². The highest BCUT2D eigenvalue weighted by Crippen LogP contribution is 2.26. The van der Waals surface area contributed by atoms with Crippen molar-refractivity contribution in [1.82, 2.24) is 9.80 Å². The first-order chi connectivity index (χ1) is 9.16. The molecule has 1 amide bonds. The molecule has 0 aromatic heterocycles. The lowest BCUT2D eigenvalue weighted by atomic mass is 10.1. The smallest absolute Gasteiger partial charge is 0.257 e. The Morgan fingerprint density at radius 2 is 2.16 bits per heavy atom. The third kappa shape index (κ3) is 2.21. The van der Waals surface area contributed by atoms with Gasteiger partial charge in [0.2, 0.25) is 0 Å². The molecule has 1 aromatic carbocycles. The van der Waals surface area contributed by atoms with Crippen LogP contribution in [0.3, 0.4) is 0 Å². The lowest BCUT2D eigenvalue weighted by molar-refractivity contribution is 0.0568. The van der Waals surface area contributed by atoms with Gasteiger partial charge in [-0.1, -0.05) is 12.1 Å². The molecule has 4 nitrogen and oxygen atoms in total. The molecule has 0 saturated carbocycles. The van der Waals surface area contributed by atoms with E-state index in [1.165, 1.54) is 19.4 Å². The molecule has 2 aliphatic heterocycles. The fourth-order valence-electron chi connectivity index (χ4n) is 3.18. The molecular weight excluding hydrogens is 240 g/mol. The summed E-state index contributed by atoms with van der Waals surface area (Å²) in [5.74, 6) is 0.0918. The Balaban J connectivity index is 1.79. The van der Waals surface area contributed by atoms with E-state index in [1.807, 2.05) is 24.0 Å². The number of rotatable bonds is 1. The predicted molar refractivity (Wildman–Crippen MR) is 73.3 cm³/mol. The van der Waals surface area contributed by atoms with E-state index in [0.29, 0.717) is 11.6 Å². The average molecular weight is 260 g/mol. The third-order valence-corrected chi connectivity index (χ3v) is 4.34. The normalized spacial score (nSPS) is 23.4.